The number of fused-ring (bicyclic) bond motifs is 2. The number of aromatic nitrogens is 3. The number of methoxy groups -OCH3 is 1. The highest BCUT2D eigenvalue weighted by atomic mass is 16.6. The molecule has 0 atom stereocenters. The summed E-state index contributed by atoms with van der Waals surface area (Å²) in [6.45, 7) is -0.406. The number of nitro benzene ring substituents is 1. The van der Waals surface area contributed by atoms with Crippen LogP contribution >= 0.6 is 0 Å². The third kappa shape index (κ3) is 4.30. The molecular formula is C24H18N6O6. The molecule has 0 bridgehead atoms. The van der Waals surface area contributed by atoms with Gasteiger partial charge in [0.1, 0.15) is 5.82 Å². The highest BCUT2D eigenvalue weighted by Gasteiger charge is 2.15. The van der Waals surface area contributed by atoms with E-state index >= 15 is 0 Å². The van der Waals surface area contributed by atoms with Gasteiger partial charge in [-0.25, -0.2) is 4.98 Å². The van der Waals surface area contributed by atoms with E-state index in [1.54, 1.807) is 48.5 Å². The summed E-state index contributed by atoms with van der Waals surface area (Å²) in [5.74, 6) is 0.277. The summed E-state index contributed by atoms with van der Waals surface area (Å²) in [7, 11) is 1.45. The average Bonchev–Trinajstić information content (AvgIpc) is 3.45. The number of benzene rings is 3. The van der Waals surface area contributed by atoms with Crippen LogP contribution < -0.4 is 9.47 Å². The van der Waals surface area contributed by atoms with Gasteiger partial charge in [0.2, 0.25) is 5.88 Å². The Labute approximate surface area is 202 Å². The largest absolute Gasteiger partial charge is 0.493 e. The van der Waals surface area contributed by atoms with Gasteiger partial charge in [0.15, 0.2) is 23.8 Å². The summed E-state index contributed by atoms with van der Waals surface area (Å²) in [4.78, 5) is 33.1. The predicted octanol–water partition coefficient (Wildman–Crippen LogP) is 5.02. The molecule has 2 aromatic heterocycles. The molecule has 12 heteroatoms. The van der Waals surface area contributed by atoms with Gasteiger partial charge in [-0.1, -0.05) is 18.2 Å². The van der Waals surface area contributed by atoms with Crippen LogP contribution in [0.5, 0.6) is 17.4 Å². The molecule has 36 heavy (non-hydrogen) atoms. The van der Waals surface area contributed by atoms with E-state index in [4.69, 9.17) is 9.47 Å². The number of amides is 1. The minimum Gasteiger partial charge on any atom is -0.493 e. The van der Waals surface area contributed by atoms with Gasteiger partial charge in [-0.2, -0.15) is 0 Å². The Kier molecular flexibility index (Phi) is 5.74. The number of hydrogen-bond acceptors (Lipinski definition) is 8. The fraction of sp³-hybridized carbons (Fsp3) is 0.0833. The molecule has 5 rings (SSSR count). The second-order valence-corrected chi connectivity index (χ2v) is 7.66. The van der Waals surface area contributed by atoms with Crippen LogP contribution in [0.15, 0.2) is 70.9 Å². The van der Waals surface area contributed by atoms with E-state index in [0.29, 0.717) is 44.8 Å². The first-order chi connectivity index (χ1) is 17.4. The number of aromatic amines is 2. The minimum atomic E-state index is -0.662. The summed E-state index contributed by atoms with van der Waals surface area (Å²) in [5, 5.41) is 29.2. The molecule has 0 unspecified atom stereocenters. The molecule has 0 aliphatic carbocycles. The van der Waals surface area contributed by atoms with Crippen molar-refractivity contribution in [2.24, 2.45) is 10.2 Å². The number of nitrogens with one attached hydrogen (secondary N) is 2. The second kappa shape index (κ2) is 9.18. The second-order valence-electron chi connectivity index (χ2n) is 7.66. The molecular weight excluding hydrogens is 468 g/mol. The first-order valence-corrected chi connectivity index (χ1v) is 10.6. The van der Waals surface area contributed by atoms with Crippen LogP contribution in [0.4, 0.5) is 11.4 Å². The molecule has 0 aliphatic rings. The van der Waals surface area contributed by atoms with Gasteiger partial charge in [0, 0.05) is 23.1 Å². The van der Waals surface area contributed by atoms with Crippen molar-refractivity contribution in [2.45, 2.75) is 0 Å². The summed E-state index contributed by atoms with van der Waals surface area (Å²) in [6, 6.07) is 16.5. The molecule has 5 aromatic rings. The number of para-hydroxylation sites is 1. The Balaban J connectivity index is 1.31. The van der Waals surface area contributed by atoms with E-state index < -0.39 is 17.4 Å². The molecule has 1 amide bonds. The van der Waals surface area contributed by atoms with E-state index in [0.717, 1.165) is 0 Å². The van der Waals surface area contributed by atoms with Gasteiger partial charge in [0.25, 0.3) is 5.69 Å². The van der Waals surface area contributed by atoms with Crippen molar-refractivity contribution in [2.75, 3.05) is 13.7 Å². The zero-order valence-electron chi connectivity index (χ0n) is 18.8. The molecule has 12 nitrogen and oxygen atoms in total. The topological polar surface area (TPSA) is 168 Å². The van der Waals surface area contributed by atoms with Crippen molar-refractivity contribution < 1.29 is 24.3 Å². The first kappa shape index (κ1) is 22.5. The number of carbonyl (C=O) groups is 1. The van der Waals surface area contributed by atoms with Crippen LogP contribution in [-0.4, -0.2) is 44.6 Å². The number of nitro groups is 1. The van der Waals surface area contributed by atoms with Gasteiger partial charge in [0.05, 0.1) is 28.6 Å². The van der Waals surface area contributed by atoms with Crippen molar-refractivity contribution in [3.05, 3.63) is 70.8 Å². The quantitative estimate of drug-likeness (QED) is 0.165. The van der Waals surface area contributed by atoms with Gasteiger partial charge in [-0.05, 0) is 30.3 Å². The molecule has 3 N–H and O–H groups in total. The van der Waals surface area contributed by atoms with Crippen molar-refractivity contribution >= 4 is 39.2 Å². The lowest BCUT2D eigenvalue weighted by molar-refractivity contribution is -0.384. The first-order valence-electron chi connectivity index (χ1n) is 10.6. The van der Waals surface area contributed by atoms with Crippen molar-refractivity contribution in [3.63, 3.8) is 0 Å². The van der Waals surface area contributed by atoms with Gasteiger partial charge in [-0.15, -0.1) is 10.2 Å². The highest BCUT2D eigenvalue weighted by molar-refractivity contribution is 5.94. The van der Waals surface area contributed by atoms with Gasteiger partial charge < -0.3 is 24.5 Å². The number of hydrogen-bond donors (Lipinski definition) is 3. The Morgan fingerprint density at radius 2 is 1.92 bits per heavy atom. The smallest absolute Gasteiger partial charge is 0.302 e. The Morgan fingerprint density at radius 1 is 1.08 bits per heavy atom. The summed E-state index contributed by atoms with van der Waals surface area (Å²) >= 11 is 0. The molecule has 0 fully saturated rings. The zero-order valence-corrected chi connectivity index (χ0v) is 18.8. The SMILES string of the molecule is COc1cc(-c2nc3ccc([N+](=O)[O-])cc3[nH]2)ccc1OCC(=O)N=Nc1c(O)[nH]c2ccccc12. The standard InChI is InChI=1S/C24H18N6O6/c1-35-20-10-13(23-25-17-8-7-14(30(33)34)11-18(17)26-23)6-9-19(20)36-12-21(31)28-29-22-15-4-2-3-5-16(15)27-24(22)32/h2-11,27,32H,12H2,1H3,(H,25,26). The Morgan fingerprint density at radius 3 is 2.72 bits per heavy atom. The maximum Gasteiger partial charge on any atom is 0.302 e. The molecule has 0 spiro atoms. The van der Waals surface area contributed by atoms with Crippen molar-refractivity contribution in [1.29, 1.82) is 0 Å². The van der Waals surface area contributed by atoms with E-state index in [1.807, 2.05) is 0 Å². The van der Waals surface area contributed by atoms with Crippen LogP contribution in [0, 0.1) is 10.1 Å². The fourth-order valence-corrected chi connectivity index (χ4v) is 3.67. The number of ether oxygens (including phenoxy) is 2. The van der Waals surface area contributed by atoms with E-state index in [2.05, 4.69) is 25.2 Å². The number of rotatable bonds is 7. The number of aromatic hydroxyl groups is 1. The lowest BCUT2D eigenvalue weighted by Gasteiger charge is -2.10. The van der Waals surface area contributed by atoms with E-state index in [9.17, 15) is 20.0 Å². The Hall–Kier alpha value is -5.26. The molecule has 2 heterocycles. The number of nitrogens with zero attached hydrogens (tertiary/aromatic N) is 4. The molecule has 180 valence electrons. The number of non-ortho nitro benzene ring substituents is 1. The molecule has 0 saturated heterocycles. The number of azo groups is 1. The third-order valence-corrected chi connectivity index (χ3v) is 5.39. The van der Waals surface area contributed by atoms with Crippen molar-refractivity contribution in [3.8, 4) is 28.8 Å². The minimum absolute atomic E-state index is 0.0410. The number of imidazole rings is 1. The van der Waals surface area contributed by atoms with Gasteiger partial charge in [-0.3, -0.25) is 14.9 Å². The maximum absolute atomic E-state index is 12.2. The van der Waals surface area contributed by atoms with E-state index in [-0.39, 0.29) is 17.3 Å². The van der Waals surface area contributed by atoms with Gasteiger partial charge >= 0.3 is 5.91 Å². The van der Waals surface area contributed by atoms with Crippen LogP contribution in [0.1, 0.15) is 0 Å². The normalized spacial score (nSPS) is 11.4. The number of H-pyrrole nitrogens is 2. The summed E-state index contributed by atoms with van der Waals surface area (Å²) in [5.41, 5.74) is 2.54. The lowest BCUT2D eigenvalue weighted by atomic mass is 10.2. The molecule has 0 saturated carbocycles. The highest BCUT2D eigenvalue weighted by Crippen LogP contribution is 2.35. The van der Waals surface area contributed by atoms with Crippen LogP contribution in [0.3, 0.4) is 0 Å². The summed E-state index contributed by atoms with van der Waals surface area (Å²) < 4.78 is 11.0. The number of carbonyl (C=O) groups excluding carboxylic acids is 1. The fourth-order valence-electron chi connectivity index (χ4n) is 3.67. The summed E-state index contributed by atoms with van der Waals surface area (Å²) in [6.07, 6.45) is 0. The van der Waals surface area contributed by atoms with E-state index in [1.165, 1.54) is 19.2 Å². The van der Waals surface area contributed by atoms with Crippen molar-refractivity contribution in [1.82, 2.24) is 15.0 Å². The van der Waals surface area contributed by atoms with Crippen LogP contribution in [0.25, 0.3) is 33.3 Å². The predicted molar refractivity (Wildman–Crippen MR) is 130 cm³/mol. The molecule has 0 radical (unpaired) electrons. The third-order valence-electron chi connectivity index (χ3n) is 5.39. The van der Waals surface area contributed by atoms with Crippen LogP contribution in [-0.2, 0) is 4.79 Å². The van der Waals surface area contributed by atoms with Crippen LogP contribution in [0.2, 0.25) is 0 Å². The Bertz CT molecular complexity index is 1650. The lowest BCUT2D eigenvalue weighted by Crippen LogP contribution is -2.08. The monoisotopic (exact) mass is 486 g/mol. The zero-order chi connectivity index (χ0) is 25.2. The maximum atomic E-state index is 12.2. The molecule has 0 aliphatic heterocycles. The molecule has 3 aromatic carbocycles. The average molecular weight is 486 g/mol.